The first-order chi connectivity index (χ1) is 9.57. The summed E-state index contributed by atoms with van der Waals surface area (Å²) in [5, 5.41) is 5.38. The largest absolute Gasteiger partial charge is 0.310 e. The van der Waals surface area contributed by atoms with Gasteiger partial charge in [0.15, 0.2) is 0 Å². The minimum atomic E-state index is -3.30. The van der Waals surface area contributed by atoms with Crippen molar-refractivity contribution in [1.29, 1.82) is 0 Å². The lowest BCUT2D eigenvalue weighted by atomic mass is 10.3. The van der Waals surface area contributed by atoms with Crippen LogP contribution < -0.4 is 5.32 Å². The third-order valence-electron chi connectivity index (χ3n) is 3.67. The van der Waals surface area contributed by atoms with Gasteiger partial charge in [0.1, 0.15) is 4.21 Å². The van der Waals surface area contributed by atoms with Crippen LogP contribution in [0, 0.1) is 0 Å². The van der Waals surface area contributed by atoms with Gasteiger partial charge < -0.3 is 5.32 Å². The van der Waals surface area contributed by atoms with E-state index < -0.39 is 10.0 Å². The Morgan fingerprint density at radius 3 is 2.95 bits per heavy atom. The monoisotopic (exact) mass is 332 g/mol. The van der Waals surface area contributed by atoms with E-state index in [0.29, 0.717) is 16.8 Å². The van der Waals surface area contributed by atoms with E-state index in [9.17, 15) is 8.42 Å². The molecule has 1 atom stereocenters. The van der Waals surface area contributed by atoms with E-state index in [4.69, 9.17) is 0 Å². The third kappa shape index (κ3) is 3.22. The minimum Gasteiger partial charge on any atom is -0.310 e. The normalized spacial score (nSPS) is 24.9. The molecule has 7 heteroatoms. The Bertz CT molecular complexity index is 566. The van der Waals surface area contributed by atoms with Gasteiger partial charge in [0.05, 0.1) is 0 Å². The summed E-state index contributed by atoms with van der Waals surface area (Å²) in [5.74, 6) is 1.78. The van der Waals surface area contributed by atoms with E-state index in [-0.39, 0.29) is 6.04 Å². The van der Waals surface area contributed by atoms with Crippen LogP contribution in [0.5, 0.6) is 0 Å². The number of nitrogens with zero attached hydrogens (tertiary/aromatic N) is 1. The van der Waals surface area contributed by atoms with Crippen molar-refractivity contribution < 1.29 is 8.42 Å². The summed E-state index contributed by atoms with van der Waals surface area (Å²) in [6, 6.07) is 2.58. The van der Waals surface area contributed by atoms with E-state index in [0.717, 1.165) is 23.6 Å². The quantitative estimate of drug-likeness (QED) is 0.897. The van der Waals surface area contributed by atoms with E-state index in [1.807, 2.05) is 30.1 Å². The Morgan fingerprint density at radius 1 is 1.45 bits per heavy atom. The molecule has 0 spiro atoms. The van der Waals surface area contributed by atoms with Crippen LogP contribution >= 0.6 is 23.1 Å². The summed E-state index contributed by atoms with van der Waals surface area (Å²) in [4.78, 5) is 0. The SMILES string of the molecule is CC1CSCCN1S(=O)(=O)c1cc(CNC2CC2)cs1. The van der Waals surface area contributed by atoms with Crippen LogP contribution in [0.4, 0.5) is 0 Å². The van der Waals surface area contributed by atoms with E-state index in [1.165, 1.54) is 24.2 Å². The lowest BCUT2D eigenvalue weighted by Gasteiger charge is -2.31. The van der Waals surface area contributed by atoms with Crippen molar-refractivity contribution in [2.75, 3.05) is 18.1 Å². The second-order valence-corrected chi connectivity index (χ2v) is 9.65. The first kappa shape index (κ1) is 14.8. The van der Waals surface area contributed by atoms with Gasteiger partial charge in [-0.3, -0.25) is 0 Å². The standard InChI is InChI=1S/C13H20N2O2S3/c1-10-8-18-5-4-15(10)20(16,17)13-6-11(9-19-13)7-14-12-2-3-12/h6,9-10,12,14H,2-5,7-8H2,1H3. The molecule has 1 unspecified atom stereocenters. The molecular weight excluding hydrogens is 312 g/mol. The molecule has 1 saturated heterocycles. The molecule has 4 nitrogen and oxygen atoms in total. The van der Waals surface area contributed by atoms with Crippen molar-refractivity contribution in [1.82, 2.24) is 9.62 Å². The van der Waals surface area contributed by atoms with Crippen LogP contribution in [0.3, 0.4) is 0 Å². The number of thioether (sulfide) groups is 1. The summed E-state index contributed by atoms with van der Waals surface area (Å²) < 4.78 is 27.5. The number of thiophene rings is 1. The highest BCUT2D eigenvalue weighted by atomic mass is 32.2. The number of hydrogen-bond acceptors (Lipinski definition) is 5. The molecule has 0 radical (unpaired) electrons. The second-order valence-electron chi connectivity index (χ2n) is 5.47. The molecule has 0 amide bonds. The maximum Gasteiger partial charge on any atom is 0.252 e. The van der Waals surface area contributed by atoms with Crippen LogP contribution in [-0.2, 0) is 16.6 Å². The maximum atomic E-state index is 12.7. The predicted octanol–water partition coefficient (Wildman–Crippen LogP) is 2.13. The molecule has 20 heavy (non-hydrogen) atoms. The Hall–Kier alpha value is -0.0800. The van der Waals surface area contributed by atoms with Crippen molar-refractivity contribution in [2.24, 2.45) is 0 Å². The summed E-state index contributed by atoms with van der Waals surface area (Å²) in [6.07, 6.45) is 2.50. The third-order valence-corrected chi connectivity index (χ3v) is 8.34. The number of rotatable bonds is 5. The summed E-state index contributed by atoms with van der Waals surface area (Å²) >= 11 is 3.18. The Labute approximate surface area is 129 Å². The average molecular weight is 333 g/mol. The fourth-order valence-electron chi connectivity index (χ4n) is 2.32. The number of sulfonamides is 1. The number of hydrogen-bond donors (Lipinski definition) is 1. The van der Waals surface area contributed by atoms with Gasteiger partial charge in [-0.15, -0.1) is 11.3 Å². The van der Waals surface area contributed by atoms with Gasteiger partial charge in [0.2, 0.25) is 0 Å². The summed E-state index contributed by atoms with van der Waals surface area (Å²) in [6.45, 7) is 3.40. The Balaban J connectivity index is 1.72. The summed E-state index contributed by atoms with van der Waals surface area (Å²) in [7, 11) is -3.30. The molecule has 1 aromatic rings. The smallest absolute Gasteiger partial charge is 0.252 e. The molecule has 2 fully saturated rings. The fourth-order valence-corrected chi connectivity index (χ4v) is 6.51. The molecule has 3 rings (SSSR count). The van der Waals surface area contributed by atoms with Gasteiger partial charge in [0.25, 0.3) is 10.0 Å². The van der Waals surface area contributed by atoms with E-state index in [1.54, 1.807) is 4.31 Å². The highest BCUT2D eigenvalue weighted by Crippen LogP contribution is 2.29. The minimum absolute atomic E-state index is 0.0916. The lowest BCUT2D eigenvalue weighted by Crippen LogP contribution is -2.44. The second kappa shape index (κ2) is 5.96. The van der Waals surface area contributed by atoms with Crippen molar-refractivity contribution >= 4 is 33.1 Å². The topological polar surface area (TPSA) is 49.4 Å². The lowest BCUT2D eigenvalue weighted by molar-refractivity contribution is 0.368. The molecule has 112 valence electrons. The molecule has 2 heterocycles. The molecular formula is C13H20N2O2S3. The van der Waals surface area contributed by atoms with Crippen LogP contribution in [0.1, 0.15) is 25.3 Å². The number of nitrogens with one attached hydrogen (secondary N) is 1. The van der Waals surface area contributed by atoms with Crippen molar-refractivity contribution in [3.8, 4) is 0 Å². The maximum absolute atomic E-state index is 12.7. The average Bonchev–Trinajstić information content (AvgIpc) is 3.13. The molecule has 1 aliphatic heterocycles. The van der Waals surface area contributed by atoms with Gasteiger partial charge in [-0.1, -0.05) is 0 Å². The highest BCUT2D eigenvalue weighted by molar-refractivity contribution is 7.99. The first-order valence-electron chi connectivity index (χ1n) is 6.98. The van der Waals surface area contributed by atoms with Gasteiger partial charge in [-0.2, -0.15) is 16.1 Å². The molecule has 0 aromatic carbocycles. The van der Waals surface area contributed by atoms with Gasteiger partial charge in [-0.05, 0) is 36.8 Å². The molecule has 0 bridgehead atoms. The van der Waals surface area contributed by atoms with Gasteiger partial charge in [-0.25, -0.2) is 8.42 Å². The fraction of sp³-hybridized carbons (Fsp3) is 0.692. The van der Waals surface area contributed by atoms with Gasteiger partial charge in [0, 0.05) is 36.7 Å². The zero-order valence-electron chi connectivity index (χ0n) is 11.5. The first-order valence-corrected chi connectivity index (χ1v) is 10.4. The van der Waals surface area contributed by atoms with E-state index in [2.05, 4.69) is 5.32 Å². The van der Waals surface area contributed by atoms with Crippen LogP contribution in [-0.4, -0.2) is 42.9 Å². The van der Waals surface area contributed by atoms with Crippen molar-refractivity contribution in [3.63, 3.8) is 0 Å². The Kier molecular flexibility index (Phi) is 4.42. The zero-order chi connectivity index (χ0) is 14.2. The van der Waals surface area contributed by atoms with Crippen LogP contribution in [0.15, 0.2) is 15.7 Å². The van der Waals surface area contributed by atoms with Crippen molar-refractivity contribution in [3.05, 3.63) is 17.0 Å². The summed E-state index contributed by atoms with van der Waals surface area (Å²) in [5.41, 5.74) is 1.08. The molecule has 2 aliphatic rings. The van der Waals surface area contributed by atoms with Crippen LogP contribution in [0.25, 0.3) is 0 Å². The van der Waals surface area contributed by atoms with Gasteiger partial charge >= 0.3 is 0 Å². The van der Waals surface area contributed by atoms with E-state index >= 15 is 0 Å². The zero-order valence-corrected chi connectivity index (χ0v) is 14.0. The van der Waals surface area contributed by atoms with Crippen LogP contribution in [0.2, 0.25) is 0 Å². The molecule has 1 aliphatic carbocycles. The van der Waals surface area contributed by atoms with Crippen molar-refractivity contribution in [2.45, 2.75) is 42.6 Å². The Morgan fingerprint density at radius 2 is 2.25 bits per heavy atom. The molecule has 1 N–H and O–H groups in total. The molecule has 1 aromatic heterocycles. The highest BCUT2D eigenvalue weighted by Gasteiger charge is 2.32. The predicted molar refractivity (Wildman–Crippen MR) is 84.9 cm³/mol. The molecule has 1 saturated carbocycles.